The Kier molecular flexibility index (Phi) is 6.58. The van der Waals surface area contributed by atoms with Crippen molar-refractivity contribution in [3.05, 3.63) is 18.7 Å². The van der Waals surface area contributed by atoms with Gasteiger partial charge in [-0.3, -0.25) is 9.79 Å². The first-order chi connectivity index (χ1) is 13.4. The van der Waals surface area contributed by atoms with E-state index in [4.69, 9.17) is 0 Å². The largest absolute Gasteiger partial charge is 0.356 e. The highest BCUT2D eigenvalue weighted by molar-refractivity contribution is 7.91. The van der Waals surface area contributed by atoms with Crippen LogP contribution in [0, 0.1) is 5.92 Å². The summed E-state index contributed by atoms with van der Waals surface area (Å²) < 4.78 is 25.1. The maximum absolute atomic E-state index is 12.1. The Morgan fingerprint density at radius 2 is 2.18 bits per heavy atom. The van der Waals surface area contributed by atoms with Gasteiger partial charge in [0.25, 0.3) is 0 Å². The highest BCUT2D eigenvalue weighted by atomic mass is 32.2. The van der Waals surface area contributed by atoms with Gasteiger partial charge in [-0.15, -0.1) is 0 Å². The average molecular weight is 411 g/mol. The van der Waals surface area contributed by atoms with Crippen LogP contribution in [-0.2, 0) is 14.6 Å². The maximum Gasteiger partial charge on any atom is 0.222 e. The van der Waals surface area contributed by atoms with E-state index in [0.29, 0.717) is 24.9 Å². The molecule has 0 aliphatic carbocycles. The predicted octanol–water partition coefficient (Wildman–Crippen LogP) is 0.0348. The Hall–Kier alpha value is -2.10. The zero-order valence-electron chi connectivity index (χ0n) is 16.5. The van der Waals surface area contributed by atoms with Crippen molar-refractivity contribution in [1.29, 1.82) is 0 Å². The summed E-state index contributed by atoms with van der Waals surface area (Å²) in [5, 5.41) is 6.08. The van der Waals surface area contributed by atoms with Crippen LogP contribution < -0.4 is 10.6 Å². The molecule has 0 bridgehead atoms. The van der Waals surface area contributed by atoms with Crippen LogP contribution in [0.3, 0.4) is 0 Å². The summed E-state index contributed by atoms with van der Waals surface area (Å²) in [6, 6.07) is 0.0822. The van der Waals surface area contributed by atoms with Crippen LogP contribution in [-0.4, -0.2) is 79.0 Å². The van der Waals surface area contributed by atoms with Crippen molar-refractivity contribution in [2.24, 2.45) is 10.9 Å². The number of guanidine groups is 1. The lowest BCUT2D eigenvalue weighted by molar-refractivity contribution is -0.121. The monoisotopic (exact) mass is 410 g/mol. The van der Waals surface area contributed by atoms with Gasteiger partial charge in [-0.25, -0.2) is 13.4 Å². The fourth-order valence-corrected chi connectivity index (χ4v) is 5.60. The molecule has 1 aromatic rings. The molecule has 3 unspecified atom stereocenters. The molecular formula is C18H30N6O3S. The van der Waals surface area contributed by atoms with E-state index in [9.17, 15) is 13.2 Å². The summed E-state index contributed by atoms with van der Waals surface area (Å²) in [4.78, 5) is 22.8. The summed E-state index contributed by atoms with van der Waals surface area (Å²) in [5.74, 6) is 1.42. The van der Waals surface area contributed by atoms with E-state index >= 15 is 0 Å². The Bertz CT molecular complexity index is 792. The third kappa shape index (κ3) is 5.24. The lowest BCUT2D eigenvalue weighted by Crippen LogP contribution is -2.49. The van der Waals surface area contributed by atoms with E-state index in [-0.39, 0.29) is 29.9 Å². The zero-order chi connectivity index (χ0) is 20.1. The van der Waals surface area contributed by atoms with Crippen molar-refractivity contribution in [2.75, 3.05) is 38.2 Å². The second kappa shape index (κ2) is 8.93. The molecule has 2 aliphatic heterocycles. The number of likely N-dealkylation sites (tertiary alicyclic amines) is 1. The van der Waals surface area contributed by atoms with Crippen molar-refractivity contribution in [2.45, 2.75) is 38.3 Å². The molecule has 0 aromatic carbocycles. The second-order valence-electron chi connectivity index (χ2n) is 7.68. The van der Waals surface area contributed by atoms with Crippen molar-refractivity contribution in [3.63, 3.8) is 0 Å². The molecule has 28 heavy (non-hydrogen) atoms. The Labute approximate surface area is 166 Å². The molecule has 2 N–H and O–H groups in total. The summed E-state index contributed by atoms with van der Waals surface area (Å²) in [6.45, 7) is 4.47. The van der Waals surface area contributed by atoms with Gasteiger partial charge >= 0.3 is 0 Å². The standard InChI is InChI=1S/C18H30N6O3S/c1-14-4-8-23(11-16(14)24-9-7-20-13-24)18(19-2)21-6-3-17(25)22-15-5-10-28(26,27)12-15/h7,9,13-16H,3-6,8,10-12H2,1-2H3,(H,19,21)(H,22,25). The van der Waals surface area contributed by atoms with Crippen LogP contribution in [0.15, 0.2) is 23.7 Å². The van der Waals surface area contributed by atoms with Crippen LogP contribution in [0.2, 0.25) is 0 Å². The minimum atomic E-state index is -2.98. The van der Waals surface area contributed by atoms with E-state index < -0.39 is 9.84 Å². The minimum Gasteiger partial charge on any atom is -0.356 e. The van der Waals surface area contributed by atoms with Gasteiger partial charge in [-0.05, 0) is 18.8 Å². The quantitative estimate of drug-likeness (QED) is 0.524. The van der Waals surface area contributed by atoms with Gasteiger partial charge in [0.05, 0.1) is 23.9 Å². The SMILES string of the molecule is CN=C(NCCC(=O)NC1CCS(=O)(=O)C1)N1CCC(C)C(n2ccnc2)C1. The molecule has 3 heterocycles. The van der Waals surface area contributed by atoms with E-state index in [1.807, 2.05) is 12.5 Å². The van der Waals surface area contributed by atoms with E-state index in [1.165, 1.54) is 0 Å². The number of aliphatic imine (C=N–C) groups is 1. The first-order valence-corrected chi connectivity index (χ1v) is 11.6. The van der Waals surface area contributed by atoms with Gasteiger partial charge in [0, 0.05) is 51.5 Å². The van der Waals surface area contributed by atoms with Crippen LogP contribution in [0.4, 0.5) is 0 Å². The number of nitrogens with one attached hydrogen (secondary N) is 2. The average Bonchev–Trinajstić information content (AvgIpc) is 3.29. The summed E-state index contributed by atoms with van der Waals surface area (Å²) in [5.41, 5.74) is 0. The van der Waals surface area contributed by atoms with Gasteiger partial charge in [0.15, 0.2) is 15.8 Å². The molecule has 0 saturated carbocycles. The number of nitrogens with zero attached hydrogens (tertiary/aromatic N) is 4. The van der Waals surface area contributed by atoms with Gasteiger partial charge < -0.3 is 20.1 Å². The van der Waals surface area contributed by atoms with Crippen LogP contribution in [0.5, 0.6) is 0 Å². The van der Waals surface area contributed by atoms with Crippen LogP contribution in [0.25, 0.3) is 0 Å². The third-order valence-corrected chi connectivity index (χ3v) is 7.34. The van der Waals surface area contributed by atoms with Gasteiger partial charge in [0.1, 0.15) is 0 Å². The Morgan fingerprint density at radius 1 is 1.36 bits per heavy atom. The molecule has 9 nitrogen and oxygen atoms in total. The highest BCUT2D eigenvalue weighted by Gasteiger charge is 2.30. The molecule has 10 heteroatoms. The summed E-state index contributed by atoms with van der Waals surface area (Å²) >= 11 is 0. The number of piperidine rings is 1. The van der Waals surface area contributed by atoms with Crippen molar-refractivity contribution >= 4 is 21.7 Å². The van der Waals surface area contributed by atoms with Crippen molar-refractivity contribution in [3.8, 4) is 0 Å². The normalized spacial score (nSPS) is 27.6. The number of sulfone groups is 1. The third-order valence-electron chi connectivity index (χ3n) is 5.57. The fraction of sp³-hybridized carbons (Fsp3) is 0.722. The second-order valence-corrected chi connectivity index (χ2v) is 9.91. The van der Waals surface area contributed by atoms with Crippen LogP contribution >= 0.6 is 0 Å². The summed E-state index contributed by atoms with van der Waals surface area (Å²) in [7, 11) is -1.24. The Morgan fingerprint density at radius 3 is 2.82 bits per heavy atom. The molecule has 0 radical (unpaired) electrons. The number of carbonyl (C=O) groups excluding carboxylic acids is 1. The molecular weight excluding hydrogens is 380 g/mol. The summed E-state index contributed by atoms with van der Waals surface area (Å²) in [6.07, 6.45) is 7.49. The van der Waals surface area contributed by atoms with E-state index in [2.05, 4.69) is 37.0 Å². The Balaban J connectivity index is 1.46. The molecule has 1 amide bonds. The molecule has 1 aromatic heterocycles. The van der Waals surface area contributed by atoms with Gasteiger partial charge in [-0.1, -0.05) is 6.92 Å². The number of hydrogen-bond acceptors (Lipinski definition) is 5. The molecule has 2 saturated heterocycles. The molecule has 3 atom stereocenters. The maximum atomic E-state index is 12.1. The minimum absolute atomic E-state index is 0.0510. The predicted molar refractivity (Wildman–Crippen MR) is 108 cm³/mol. The van der Waals surface area contributed by atoms with E-state index in [0.717, 1.165) is 25.5 Å². The zero-order valence-corrected chi connectivity index (χ0v) is 17.4. The van der Waals surface area contributed by atoms with Gasteiger partial charge in [-0.2, -0.15) is 0 Å². The number of hydrogen-bond donors (Lipinski definition) is 2. The first kappa shape index (κ1) is 20.6. The van der Waals surface area contributed by atoms with Gasteiger partial charge in [0.2, 0.25) is 5.91 Å². The molecule has 156 valence electrons. The topological polar surface area (TPSA) is 109 Å². The smallest absolute Gasteiger partial charge is 0.222 e. The number of imidazole rings is 1. The number of amides is 1. The lowest BCUT2D eigenvalue weighted by Gasteiger charge is -2.39. The fourth-order valence-electron chi connectivity index (χ4n) is 3.92. The lowest BCUT2D eigenvalue weighted by atomic mass is 9.93. The number of rotatable bonds is 5. The molecule has 2 fully saturated rings. The molecule has 2 aliphatic rings. The highest BCUT2D eigenvalue weighted by Crippen LogP contribution is 2.27. The van der Waals surface area contributed by atoms with E-state index in [1.54, 1.807) is 13.2 Å². The first-order valence-electron chi connectivity index (χ1n) is 9.81. The number of aromatic nitrogens is 2. The molecule has 3 rings (SSSR count). The molecule has 0 spiro atoms. The van der Waals surface area contributed by atoms with Crippen LogP contribution in [0.1, 0.15) is 32.2 Å². The van der Waals surface area contributed by atoms with Crippen molar-refractivity contribution in [1.82, 2.24) is 25.1 Å². The van der Waals surface area contributed by atoms with Crippen molar-refractivity contribution < 1.29 is 13.2 Å². The number of carbonyl (C=O) groups is 1.